The molecular weight excluding hydrogens is 358 g/mol. The van der Waals surface area contributed by atoms with Crippen molar-refractivity contribution in [2.75, 3.05) is 6.54 Å². The minimum atomic E-state index is -0.332. The van der Waals surface area contributed by atoms with Crippen molar-refractivity contribution in [2.45, 2.75) is 56.5 Å². The smallest absolute Gasteiger partial charge is 0.248 e. The molecule has 1 aliphatic heterocycles. The van der Waals surface area contributed by atoms with E-state index in [9.17, 15) is 4.79 Å². The van der Waals surface area contributed by atoms with Crippen LogP contribution in [-0.4, -0.2) is 28.4 Å². The molecule has 1 saturated carbocycles. The van der Waals surface area contributed by atoms with Crippen LogP contribution in [0.2, 0.25) is 0 Å². The van der Waals surface area contributed by atoms with Gasteiger partial charge in [0.05, 0.1) is 0 Å². The van der Waals surface area contributed by atoms with E-state index in [1.54, 1.807) is 0 Å². The number of aromatic nitrogens is 1. The molecule has 4 nitrogen and oxygen atoms in total. The topological polar surface area (TPSA) is 62.1 Å². The number of nitrogens with one attached hydrogen (secondary N) is 1. The number of hydrogen-bond donors (Lipinski definition) is 2. The van der Waals surface area contributed by atoms with Crippen molar-refractivity contribution in [3.63, 3.8) is 0 Å². The van der Waals surface area contributed by atoms with Crippen LogP contribution in [0.5, 0.6) is 0 Å². The number of carbonyl (C=O) groups excluding carboxylic acids is 1. The van der Waals surface area contributed by atoms with E-state index in [2.05, 4.69) is 53.3 Å². The number of hydrogen-bond acceptors (Lipinski definition) is 2. The zero-order valence-corrected chi connectivity index (χ0v) is 17.0. The summed E-state index contributed by atoms with van der Waals surface area (Å²) in [5.74, 6) is -0.332. The number of para-hydroxylation sites is 1. The fourth-order valence-electron chi connectivity index (χ4n) is 5.90. The summed E-state index contributed by atoms with van der Waals surface area (Å²) < 4.78 is 0. The van der Waals surface area contributed by atoms with Gasteiger partial charge < -0.3 is 10.7 Å². The van der Waals surface area contributed by atoms with Crippen LogP contribution >= 0.6 is 0 Å². The Kier molecular flexibility index (Phi) is 4.47. The molecule has 0 radical (unpaired) electrons. The van der Waals surface area contributed by atoms with E-state index in [4.69, 9.17) is 5.73 Å². The number of primary amides is 1. The van der Waals surface area contributed by atoms with E-state index in [1.807, 2.05) is 18.2 Å². The fourth-order valence-corrected chi connectivity index (χ4v) is 5.90. The molecule has 1 saturated heterocycles. The number of nitrogens with two attached hydrogens (primary N) is 1. The lowest BCUT2D eigenvalue weighted by atomic mass is 9.63. The fraction of sp³-hybridized carbons (Fsp3) is 0.400. The lowest BCUT2D eigenvalue weighted by molar-refractivity contribution is 0.0246. The second-order valence-corrected chi connectivity index (χ2v) is 8.93. The van der Waals surface area contributed by atoms with Crippen LogP contribution in [-0.2, 0) is 5.41 Å². The van der Waals surface area contributed by atoms with Crippen LogP contribution in [0.1, 0.15) is 66.6 Å². The van der Waals surface area contributed by atoms with Gasteiger partial charge in [0.2, 0.25) is 5.91 Å². The van der Waals surface area contributed by atoms with Crippen LogP contribution in [0.25, 0.3) is 10.9 Å². The maximum atomic E-state index is 11.7. The number of nitrogens with zero attached hydrogens (tertiary/aromatic N) is 1. The van der Waals surface area contributed by atoms with Gasteiger partial charge in [-0.25, -0.2) is 0 Å². The van der Waals surface area contributed by atoms with Crippen molar-refractivity contribution in [2.24, 2.45) is 5.73 Å². The normalized spacial score (nSPS) is 25.8. The van der Waals surface area contributed by atoms with Gasteiger partial charge >= 0.3 is 0 Å². The number of piperidine rings is 1. The summed E-state index contributed by atoms with van der Waals surface area (Å²) in [6.07, 6.45) is 8.20. The van der Waals surface area contributed by atoms with Crippen LogP contribution in [0, 0.1) is 0 Å². The van der Waals surface area contributed by atoms with E-state index in [0.29, 0.717) is 17.6 Å². The highest BCUT2D eigenvalue weighted by atomic mass is 16.1. The number of likely N-dealkylation sites (tertiary alicyclic amines) is 1. The number of fused-ring (bicyclic) bond motifs is 3. The largest absolute Gasteiger partial charge is 0.366 e. The van der Waals surface area contributed by atoms with Crippen molar-refractivity contribution in [3.8, 4) is 0 Å². The SMILES string of the molecule is C[C@H](c1c[nH]c2ccccc12)N1CCC2(c3cccc(C(N)=O)c3)CCCC1C2. The first-order valence-electron chi connectivity index (χ1n) is 10.8. The Bertz CT molecular complexity index is 1050. The second kappa shape index (κ2) is 7.03. The van der Waals surface area contributed by atoms with Gasteiger partial charge in [-0.15, -0.1) is 0 Å². The highest BCUT2D eigenvalue weighted by Gasteiger charge is 2.45. The second-order valence-electron chi connectivity index (χ2n) is 8.93. The van der Waals surface area contributed by atoms with E-state index < -0.39 is 0 Å². The molecular formula is C25H29N3O. The first kappa shape index (κ1) is 18.4. The maximum absolute atomic E-state index is 11.7. The van der Waals surface area contributed by atoms with Gasteiger partial charge in [0.25, 0.3) is 0 Å². The minimum Gasteiger partial charge on any atom is -0.366 e. The van der Waals surface area contributed by atoms with Crippen LogP contribution in [0.3, 0.4) is 0 Å². The summed E-state index contributed by atoms with van der Waals surface area (Å²) in [4.78, 5) is 17.9. The zero-order chi connectivity index (χ0) is 20.0. The Morgan fingerprint density at radius 3 is 2.93 bits per heavy atom. The number of carbonyl (C=O) groups is 1. The molecule has 3 aromatic rings. The van der Waals surface area contributed by atoms with E-state index in [0.717, 1.165) is 13.0 Å². The van der Waals surface area contributed by atoms with E-state index in [-0.39, 0.29) is 11.3 Å². The molecule has 3 N–H and O–H groups in total. The summed E-state index contributed by atoms with van der Waals surface area (Å²) in [6, 6.07) is 17.6. The molecule has 2 unspecified atom stereocenters. The monoisotopic (exact) mass is 387 g/mol. The molecule has 29 heavy (non-hydrogen) atoms. The highest BCUT2D eigenvalue weighted by Crippen LogP contribution is 2.49. The molecule has 0 spiro atoms. The third-order valence-electron chi connectivity index (χ3n) is 7.46. The number of amides is 1. The maximum Gasteiger partial charge on any atom is 0.248 e. The number of H-pyrrole nitrogens is 1. The van der Waals surface area contributed by atoms with Crippen molar-refractivity contribution in [1.29, 1.82) is 0 Å². The summed E-state index contributed by atoms with van der Waals surface area (Å²) in [5, 5.41) is 1.34. The molecule has 2 bridgehead atoms. The third kappa shape index (κ3) is 3.06. The molecule has 5 rings (SSSR count). The van der Waals surface area contributed by atoms with Crippen molar-refractivity contribution in [1.82, 2.24) is 9.88 Å². The molecule has 2 aromatic carbocycles. The van der Waals surface area contributed by atoms with Crippen LogP contribution < -0.4 is 5.73 Å². The first-order valence-corrected chi connectivity index (χ1v) is 10.8. The predicted molar refractivity (Wildman–Crippen MR) is 117 cm³/mol. The number of benzene rings is 2. The summed E-state index contributed by atoms with van der Waals surface area (Å²) in [5.41, 5.74) is 10.3. The molecule has 1 aliphatic carbocycles. The van der Waals surface area contributed by atoms with Gasteiger partial charge in [0.15, 0.2) is 0 Å². The van der Waals surface area contributed by atoms with Crippen molar-refractivity contribution >= 4 is 16.8 Å². The molecule has 1 aromatic heterocycles. The van der Waals surface area contributed by atoms with Gasteiger partial charge in [-0.1, -0.05) is 36.8 Å². The van der Waals surface area contributed by atoms with Crippen LogP contribution in [0.15, 0.2) is 54.7 Å². The lowest BCUT2D eigenvalue weighted by Gasteiger charge is -2.52. The van der Waals surface area contributed by atoms with Crippen LogP contribution in [0.4, 0.5) is 0 Å². The van der Waals surface area contributed by atoms with Gasteiger partial charge in [0, 0.05) is 34.7 Å². The average molecular weight is 388 g/mol. The summed E-state index contributed by atoms with van der Waals surface area (Å²) >= 11 is 0. The molecule has 1 amide bonds. The Morgan fingerprint density at radius 2 is 2.07 bits per heavy atom. The highest BCUT2D eigenvalue weighted by molar-refractivity contribution is 5.93. The standard InChI is InChI=1S/C25H29N3O/c1-17(22-16-27-23-10-3-2-9-21(22)23)28-13-12-25(11-5-8-20(28)15-25)19-7-4-6-18(14-19)24(26)29/h2-4,6-7,9-10,14,16-17,20,27H,5,8,11-13,15H2,1H3,(H2,26,29)/t17-,20?,25?/m1/s1. The third-order valence-corrected chi connectivity index (χ3v) is 7.46. The predicted octanol–water partition coefficient (Wildman–Crippen LogP) is 4.91. The van der Waals surface area contributed by atoms with Gasteiger partial charge in [-0.3, -0.25) is 9.69 Å². The molecule has 2 aliphatic rings. The Hall–Kier alpha value is -2.59. The summed E-state index contributed by atoms with van der Waals surface area (Å²) in [6.45, 7) is 3.44. The number of aromatic amines is 1. The molecule has 2 fully saturated rings. The quantitative estimate of drug-likeness (QED) is 0.668. The molecule has 2 heterocycles. The van der Waals surface area contributed by atoms with Gasteiger partial charge in [-0.05, 0) is 73.9 Å². The minimum absolute atomic E-state index is 0.185. The first-order chi connectivity index (χ1) is 14.1. The van der Waals surface area contributed by atoms with E-state index >= 15 is 0 Å². The average Bonchev–Trinajstić information content (AvgIpc) is 3.18. The van der Waals surface area contributed by atoms with Gasteiger partial charge in [0.1, 0.15) is 0 Å². The molecule has 150 valence electrons. The molecule has 4 heteroatoms. The van der Waals surface area contributed by atoms with Gasteiger partial charge in [-0.2, -0.15) is 0 Å². The summed E-state index contributed by atoms with van der Waals surface area (Å²) in [7, 11) is 0. The Balaban J connectivity index is 1.43. The lowest BCUT2D eigenvalue weighted by Crippen LogP contribution is -2.52. The van der Waals surface area contributed by atoms with Crippen molar-refractivity contribution < 1.29 is 4.79 Å². The Labute approximate surface area is 172 Å². The Morgan fingerprint density at radius 1 is 1.21 bits per heavy atom. The molecule has 3 atom stereocenters. The van der Waals surface area contributed by atoms with Crippen molar-refractivity contribution in [3.05, 3.63) is 71.4 Å². The van der Waals surface area contributed by atoms with E-state index in [1.165, 1.54) is 47.7 Å². The zero-order valence-electron chi connectivity index (χ0n) is 17.0. The number of rotatable bonds is 4.